The van der Waals surface area contributed by atoms with E-state index in [0.717, 1.165) is 0 Å². The second kappa shape index (κ2) is 8.68. The highest BCUT2D eigenvalue weighted by Gasteiger charge is 2.27. The fraction of sp³-hybridized carbons (Fsp3) is 0.647. The van der Waals surface area contributed by atoms with Crippen LogP contribution in [-0.2, 0) is 14.8 Å². The van der Waals surface area contributed by atoms with Gasteiger partial charge in [0.2, 0.25) is 15.9 Å². The van der Waals surface area contributed by atoms with Crippen LogP contribution >= 0.6 is 0 Å². The monoisotopic (exact) mass is 385 g/mol. The van der Waals surface area contributed by atoms with Gasteiger partial charge in [0, 0.05) is 45.7 Å². The predicted molar refractivity (Wildman–Crippen MR) is 97.1 cm³/mol. The fourth-order valence-electron chi connectivity index (χ4n) is 2.89. The van der Waals surface area contributed by atoms with Gasteiger partial charge in [-0.25, -0.2) is 12.7 Å². The third-order valence-corrected chi connectivity index (χ3v) is 5.53. The number of rotatable bonds is 7. The Bertz CT molecular complexity index is 707. The Hall–Kier alpha value is -1.87. The van der Waals surface area contributed by atoms with Gasteiger partial charge in [0.05, 0.1) is 12.5 Å². The molecule has 0 spiro atoms. The first-order chi connectivity index (χ1) is 12.2. The minimum absolute atomic E-state index is 0.0903. The molecule has 0 saturated carbocycles. The first-order valence-corrected chi connectivity index (χ1v) is 10.6. The van der Waals surface area contributed by atoms with Gasteiger partial charge >= 0.3 is 0 Å². The number of hydrogen-bond acceptors (Lipinski definition) is 5. The predicted octanol–water partition coefficient (Wildman–Crippen LogP) is 0.872. The number of piperazine rings is 1. The van der Waals surface area contributed by atoms with E-state index in [-0.39, 0.29) is 30.7 Å². The molecule has 0 atom stereocenters. The summed E-state index contributed by atoms with van der Waals surface area (Å²) in [5.74, 6) is 0.216. The number of carbonyl (C=O) groups is 2. The van der Waals surface area contributed by atoms with Gasteiger partial charge in [-0.05, 0) is 18.1 Å². The van der Waals surface area contributed by atoms with Crippen LogP contribution in [0, 0.1) is 5.92 Å². The zero-order chi connectivity index (χ0) is 19.3. The van der Waals surface area contributed by atoms with Crippen molar-refractivity contribution in [2.45, 2.75) is 20.3 Å². The Balaban J connectivity index is 1.83. The first kappa shape index (κ1) is 20.4. The Morgan fingerprint density at radius 1 is 1.19 bits per heavy atom. The smallest absolute Gasteiger partial charge is 0.289 e. The minimum Gasteiger partial charge on any atom is -0.459 e. The molecule has 1 aromatic heterocycles. The van der Waals surface area contributed by atoms with Crippen LogP contribution in [0.4, 0.5) is 0 Å². The summed E-state index contributed by atoms with van der Waals surface area (Å²) < 4.78 is 30.1. The number of sulfonamides is 1. The van der Waals surface area contributed by atoms with Gasteiger partial charge in [-0.3, -0.25) is 9.59 Å². The summed E-state index contributed by atoms with van der Waals surface area (Å²) in [6.45, 7) is 6.21. The molecule has 0 unspecified atom stereocenters. The summed E-state index contributed by atoms with van der Waals surface area (Å²) in [5.41, 5.74) is 0. The number of carbonyl (C=O) groups excluding carboxylic acids is 2. The molecule has 8 nitrogen and oxygen atoms in total. The van der Waals surface area contributed by atoms with Gasteiger partial charge in [0.15, 0.2) is 5.76 Å². The van der Waals surface area contributed by atoms with E-state index in [1.165, 1.54) is 16.8 Å². The highest BCUT2D eigenvalue weighted by molar-refractivity contribution is 7.88. The molecule has 2 rings (SSSR count). The molecular formula is C17H27N3O5S. The van der Waals surface area contributed by atoms with E-state index in [0.29, 0.717) is 38.5 Å². The summed E-state index contributed by atoms with van der Waals surface area (Å²) in [6.07, 6.45) is 2.77. The molecule has 9 heteroatoms. The summed E-state index contributed by atoms with van der Waals surface area (Å²) in [6, 6.07) is 3.28. The Morgan fingerprint density at radius 2 is 1.81 bits per heavy atom. The van der Waals surface area contributed by atoms with E-state index in [2.05, 4.69) is 0 Å². The lowest BCUT2D eigenvalue weighted by atomic mass is 10.2. The van der Waals surface area contributed by atoms with Crippen molar-refractivity contribution in [2.75, 3.05) is 45.5 Å². The summed E-state index contributed by atoms with van der Waals surface area (Å²) in [4.78, 5) is 28.0. The molecule has 1 aromatic rings. The van der Waals surface area contributed by atoms with Gasteiger partial charge in [0.1, 0.15) is 0 Å². The molecule has 2 heterocycles. The molecule has 1 aliphatic rings. The molecule has 1 fully saturated rings. The summed E-state index contributed by atoms with van der Waals surface area (Å²) in [7, 11) is -3.33. The molecular weight excluding hydrogens is 358 g/mol. The first-order valence-electron chi connectivity index (χ1n) is 8.74. The van der Waals surface area contributed by atoms with Crippen LogP contribution < -0.4 is 0 Å². The van der Waals surface area contributed by atoms with E-state index < -0.39 is 10.0 Å². The lowest BCUT2D eigenvalue weighted by molar-refractivity contribution is -0.132. The average Bonchev–Trinajstić information content (AvgIpc) is 3.11. The lowest BCUT2D eigenvalue weighted by Crippen LogP contribution is -2.51. The van der Waals surface area contributed by atoms with Crippen LogP contribution in [0.5, 0.6) is 0 Å². The Kier molecular flexibility index (Phi) is 6.82. The second-order valence-corrected chi connectivity index (χ2v) is 8.90. The molecule has 0 radical (unpaired) electrons. The maximum atomic E-state index is 12.4. The maximum absolute atomic E-state index is 12.4. The highest BCUT2D eigenvalue weighted by atomic mass is 32.2. The van der Waals surface area contributed by atoms with Crippen molar-refractivity contribution in [1.82, 2.24) is 14.1 Å². The molecule has 1 saturated heterocycles. The van der Waals surface area contributed by atoms with E-state index in [9.17, 15) is 18.0 Å². The van der Waals surface area contributed by atoms with Crippen molar-refractivity contribution in [1.29, 1.82) is 0 Å². The van der Waals surface area contributed by atoms with Crippen molar-refractivity contribution in [3.63, 3.8) is 0 Å². The van der Waals surface area contributed by atoms with Crippen LogP contribution in [0.1, 0.15) is 30.8 Å². The second-order valence-electron chi connectivity index (χ2n) is 6.92. The van der Waals surface area contributed by atoms with Crippen molar-refractivity contribution in [3.05, 3.63) is 24.2 Å². The SMILES string of the molecule is CC(C)CN(CCC(=O)N1CCN(C(=O)c2ccco2)CC1)S(C)(=O)=O. The van der Waals surface area contributed by atoms with Crippen LogP contribution in [0.25, 0.3) is 0 Å². The van der Waals surface area contributed by atoms with Gasteiger partial charge in [-0.2, -0.15) is 0 Å². The standard InChI is InChI=1S/C17H27N3O5S/c1-14(2)13-20(26(3,23)24)7-6-16(21)18-8-10-19(11-9-18)17(22)15-5-4-12-25-15/h4-5,12,14H,6-11,13H2,1-3H3. The third kappa shape index (κ3) is 5.57. The molecule has 0 aromatic carbocycles. The fourth-order valence-corrected chi connectivity index (χ4v) is 3.89. The van der Waals surface area contributed by atoms with Crippen molar-refractivity contribution in [2.24, 2.45) is 5.92 Å². The van der Waals surface area contributed by atoms with Gasteiger partial charge < -0.3 is 14.2 Å². The zero-order valence-electron chi connectivity index (χ0n) is 15.6. The number of nitrogens with zero attached hydrogens (tertiary/aromatic N) is 3. The Labute approximate surface area is 154 Å². The molecule has 0 N–H and O–H groups in total. The van der Waals surface area contributed by atoms with E-state index in [4.69, 9.17) is 4.42 Å². The number of amides is 2. The lowest BCUT2D eigenvalue weighted by Gasteiger charge is -2.34. The van der Waals surface area contributed by atoms with E-state index >= 15 is 0 Å². The number of furan rings is 1. The molecule has 146 valence electrons. The summed E-state index contributed by atoms with van der Waals surface area (Å²) in [5, 5.41) is 0. The van der Waals surface area contributed by atoms with Crippen LogP contribution in [0.2, 0.25) is 0 Å². The Morgan fingerprint density at radius 3 is 2.31 bits per heavy atom. The van der Waals surface area contributed by atoms with Crippen molar-refractivity contribution >= 4 is 21.8 Å². The van der Waals surface area contributed by atoms with Crippen LogP contribution in [-0.4, -0.2) is 79.9 Å². The van der Waals surface area contributed by atoms with Crippen molar-refractivity contribution < 1.29 is 22.4 Å². The molecule has 0 aliphatic carbocycles. The quantitative estimate of drug-likeness (QED) is 0.695. The van der Waals surface area contributed by atoms with E-state index in [1.54, 1.807) is 21.9 Å². The van der Waals surface area contributed by atoms with Gasteiger partial charge in [0.25, 0.3) is 5.91 Å². The van der Waals surface area contributed by atoms with Crippen LogP contribution in [0.3, 0.4) is 0 Å². The van der Waals surface area contributed by atoms with Gasteiger partial charge in [-0.1, -0.05) is 13.8 Å². The topological polar surface area (TPSA) is 91.1 Å². The largest absolute Gasteiger partial charge is 0.459 e. The zero-order valence-corrected chi connectivity index (χ0v) is 16.4. The molecule has 2 amide bonds. The molecule has 1 aliphatic heterocycles. The third-order valence-electron chi connectivity index (χ3n) is 4.26. The highest BCUT2D eigenvalue weighted by Crippen LogP contribution is 2.11. The summed E-state index contributed by atoms with van der Waals surface area (Å²) >= 11 is 0. The van der Waals surface area contributed by atoms with E-state index in [1.807, 2.05) is 13.8 Å². The molecule has 0 bridgehead atoms. The number of hydrogen-bond donors (Lipinski definition) is 0. The average molecular weight is 385 g/mol. The van der Waals surface area contributed by atoms with Crippen LogP contribution in [0.15, 0.2) is 22.8 Å². The molecule has 26 heavy (non-hydrogen) atoms. The maximum Gasteiger partial charge on any atom is 0.289 e. The normalized spacial score (nSPS) is 15.7. The van der Waals surface area contributed by atoms with Gasteiger partial charge in [-0.15, -0.1) is 0 Å². The minimum atomic E-state index is -3.33. The van der Waals surface area contributed by atoms with Crippen molar-refractivity contribution in [3.8, 4) is 0 Å².